The van der Waals surface area contributed by atoms with Crippen LogP contribution in [-0.4, -0.2) is 69.0 Å². The van der Waals surface area contributed by atoms with Crippen LogP contribution in [0.3, 0.4) is 0 Å². The average molecular weight is 667 g/mol. The fourth-order valence-electron chi connectivity index (χ4n) is 4.88. The van der Waals surface area contributed by atoms with E-state index in [4.69, 9.17) is 15.5 Å². The molecule has 1 atom stereocenters. The topological polar surface area (TPSA) is 137 Å². The number of primary amides is 1. The van der Waals surface area contributed by atoms with E-state index in [1.165, 1.54) is 30.5 Å². The summed E-state index contributed by atoms with van der Waals surface area (Å²) in [5, 5.41) is 0.419. The lowest BCUT2D eigenvalue weighted by Gasteiger charge is -2.36. The van der Waals surface area contributed by atoms with Crippen molar-refractivity contribution >= 4 is 48.0 Å². The highest BCUT2D eigenvalue weighted by Crippen LogP contribution is 2.53. The molecule has 3 amide bonds. The SMILES string of the molecule is CC.CCCN1CC(C)CCCCC1=O.NC(=O)c1cc2cc(C(F)(F)P(O)O)ccc2s1.O=CN1CC(c2cccnc2)C1. The smallest absolute Gasteiger partial charge is 0.339 e. The van der Waals surface area contributed by atoms with Crippen LogP contribution in [0.5, 0.6) is 0 Å². The van der Waals surface area contributed by atoms with Crippen molar-refractivity contribution in [3.05, 3.63) is 64.8 Å². The highest BCUT2D eigenvalue weighted by molar-refractivity contribution is 7.46. The first-order chi connectivity index (χ1) is 21.5. The zero-order chi connectivity index (χ0) is 33.6. The van der Waals surface area contributed by atoms with Gasteiger partial charge in [-0.15, -0.1) is 11.3 Å². The van der Waals surface area contributed by atoms with Crippen molar-refractivity contribution in [1.29, 1.82) is 0 Å². The molecule has 4 N–H and O–H groups in total. The van der Waals surface area contributed by atoms with Crippen molar-refractivity contribution in [3.8, 4) is 0 Å². The van der Waals surface area contributed by atoms with Gasteiger partial charge in [-0.3, -0.25) is 19.4 Å². The van der Waals surface area contributed by atoms with Crippen molar-refractivity contribution < 1.29 is 33.0 Å². The molecule has 45 heavy (non-hydrogen) atoms. The number of thiophene rings is 1. The van der Waals surface area contributed by atoms with E-state index in [1.807, 2.05) is 31.0 Å². The van der Waals surface area contributed by atoms with Crippen LogP contribution in [0, 0.1) is 5.92 Å². The van der Waals surface area contributed by atoms with Crippen molar-refractivity contribution in [2.75, 3.05) is 26.2 Å². The number of benzene rings is 1. The van der Waals surface area contributed by atoms with Crippen molar-refractivity contribution in [3.63, 3.8) is 0 Å². The Morgan fingerprint density at radius 3 is 2.47 bits per heavy atom. The van der Waals surface area contributed by atoms with Crippen LogP contribution < -0.4 is 5.73 Å². The summed E-state index contributed by atoms with van der Waals surface area (Å²) >= 11 is 1.09. The van der Waals surface area contributed by atoms with Gasteiger partial charge in [0.05, 0.1) is 4.88 Å². The Labute approximate surface area is 269 Å². The average Bonchev–Trinajstić information content (AvgIpc) is 3.44. The molecule has 0 aliphatic carbocycles. The van der Waals surface area contributed by atoms with Gasteiger partial charge in [0.2, 0.25) is 20.7 Å². The molecule has 9 nitrogen and oxygen atoms in total. The molecule has 2 saturated heterocycles. The highest BCUT2D eigenvalue weighted by Gasteiger charge is 2.41. The summed E-state index contributed by atoms with van der Waals surface area (Å²) in [6, 6.07) is 9.01. The van der Waals surface area contributed by atoms with Gasteiger partial charge >= 0.3 is 5.66 Å². The van der Waals surface area contributed by atoms with E-state index in [0.29, 0.717) is 27.8 Å². The Morgan fingerprint density at radius 1 is 1.18 bits per heavy atom. The standard InChI is InChI=1S/C11H21NO.C10H8F2NO3PS.C9H10N2O.C2H6/c1-3-8-12-9-10(2)6-4-5-7-11(12)13;11-10(12,17(15)16)6-1-2-7-5(3-6)4-8(18-7)9(13)14;12-7-11-5-9(6-11)8-2-1-3-10-4-8;1-2/h10H,3-9H2,1-2H3;1-4,15-16H,(H2,13,14);1-4,7,9H,5-6H2;1-2H3. The number of hydrogen-bond donors (Lipinski definition) is 3. The summed E-state index contributed by atoms with van der Waals surface area (Å²) in [5.41, 5.74) is 2.13. The third kappa shape index (κ3) is 11.4. The van der Waals surface area contributed by atoms with Crippen LogP contribution in [0.2, 0.25) is 0 Å². The van der Waals surface area contributed by atoms with Crippen LogP contribution in [0.1, 0.15) is 86.5 Å². The number of carbonyl (C=O) groups is 3. The maximum Gasteiger partial charge on any atom is 0.339 e. The summed E-state index contributed by atoms with van der Waals surface area (Å²) < 4.78 is 27.5. The quantitative estimate of drug-likeness (QED) is 0.196. The highest BCUT2D eigenvalue weighted by atomic mass is 32.1. The molecule has 2 fully saturated rings. The third-order valence-corrected chi connectivity index (χ3v) is 9.18. The molecule has 248 valence electrons. The largest absolute Gasteiger partial charge is 0.365 e. The Hall–Kier alpha value is -3.05. The fourth-order valence-corrected chi connectivity index (χ4v) is 6.14. The summed E-state index contributed by atoms with van der Waals surface area (Å²) in [4.78, 5) is 58.4. The van der Waals surface area contributed by atoms with E-state index >= 15 is 0 Å². The van der Waals surface area contributed by atoms with Crippen LogP contribution >= 0.6 is 19.7 Å². The summed E-state index contributed by atoms with van der Waals surface area (Å²) in [7, 11) is -3.40. The molecular formula is C32H45F2N4O5PS. The second kappa shape index (κ2) is 18.8. The number of alkyl halides is 2. The lowest BCUT2D eigenvalue weighted by atomic mass is 9.94. The van der Waals surface area contributed by atoms with Gasteiger partial charge in [-0.05, 0) is 60.4 Å². The van der Waals surface area contributed by atoms with Crippen molar-refractivity contribution in [1.82, 2.24) is 14.8 Å². The van der Waals surface area contributed by atoms with Gasteiger partial charge in [-0.1, -0.05) is 46.2 Å². The van der Waals surface area contributed by atoms with E-state index in [-0.39, 0.29) is 4.88 Å². The maximum atomic E-state index is 13.4. The molecule has 3 aromatic rings. The third-order valence-electron chi connectivity index (χ3n) is 7.29. The predicted octanol–water partition coefficient (Wildman–Crippen LogP) is 6.44. The predicted molar refractivity (Wildman–Crippen MR) is 176 cm³/mol. The van der Waals surface area contributed by atoms with Gasteiger partial charge in [0.25, 0.3) is 5.91 Å². The van der Waals surface area contributed by atoms with Crippen LogP contribution in [0.25, 0.3) is 10.1 Å². The zero-order valence-corrected chi connectivity index (χ0v) is 28.1. The number of carbonyl (C=O) groups excluding carboxylic acids is 3. The number of nitrogens with two attached hydrogens (primary N) is 1. The Balaban J connectivity index is 0.000000234. The maximum absolute atomic E-state index is 13.4. The molecule has 2 aliphatic heterocycles. The first kappa shape index (κ1) is 38.1. The van der Waals surface area contributed by atoms with Crippen molar-refractivity contribution in [2.24, 2.45) is 11.7 Å². The summed E-state index contributed by atoms with van der Waals surface area (Å²) in [6.07, 6.45) is 9.98. The number of aromatic nitrogens is 1. The fraction of sp³-hybridized carbons (Fsp3) is 0.500. The van der Waals surface area contributed by atoms with E-state index in [0.717, 1.165) is 75.3 Å². The zero-order valence-electron chi connectivity index (χ0n) is 26.4. The second-order valence-corrected chi connectivity index (χ2v) is 13.0. The van der Waals surface area contributed by atoms with Gasteiger partial charge < -0.3 is 25.3 Å². The van der Waals surface area contributed by atoms with E-state index < -0.39 is 25.5 Å². The lowest BCUT2D eigenvalue weighted by molar-refractivity contribution is -0.132. The summed E-state index contributed by atoms with van der Waals surface area (Å²) in [6.45, 7) is 12.0. The van der Waals surface area contributed by atoms with Crippen LogP contribution in [-0.2, 0) is 15.3 Å². The monoisotopic (exact) mass is 666 g/mol. The minimum Gasteiger partial charge on any atom is -0.365 e. The first-order valence-corrected chi connectivity index (χ1v) is 17.3. The number of rotatable bonds is 7. The second-order valence-electron chi connectivity index (χ2n) is 10.8. The number of nitrogens with zero attached hydrogens (tertiary/aromatic N) is 3. The number of fused-ring (bicyclic) bond motifs is 1. The lowest BCUT2D eigenvalue weighted by Crippen LogP contribution is -2.43. The molecule has 0 bridgehead atoms. The van der Waals surface area contributed by atoms with Gasteiger partial charge in [0, 0.05) is 61.2 Å². The van der Waals surface area contributed by atoms with E-state index in [9.17, 15) is 23.2 Å². The normalized spacial score (nSPS) is 17.0. The van der Waals surface area contributed by atoms with Gasteiger partial charge in [0.15, 0.2) is 0 Å². The van der Waals surface area contributed by atoms with Crippen LogP contribution in [0.4, 0.5) is 8.78 Å². The van der Waals surface area contributed by atoms with Crippen molar-refractivity contribution in [2.45, 2.75) is 71.4 Å². The molecule has 1 aromatic carbocycles. The van der Waals surface area contributed by atoms with Gasteiger partial charge in [-0.2, -0.15) is 8.78 Å². The van der Waals surface area contributed by atoms with E-state index in [1.54, 1.807) is 11.1 Å². The molecule has 2 aliphatic rings. The first-order valence-electron chi connectivity index (χ1n) is 15.2. The molecule has 5 rings (SSSR count). The minimum atomic E-state index is -3.70. The number of amides is 3. The molecule has 0 spiro atoms. The number of likely N-dealkylation sites (tertiary alicyclic amines) is 2. The van der Waals surface area contributed by atoms with Gasteiger partial charge in [-0.25, -0.2) is 0 Å². The Morgan fingerprint density at radius 2 is 1.89 bits per heavy atom. The molecule has 2 aromatic heterocycles. The molecule has 0 saturated carbocycles. The molecule has 0 radical (unpaired) electrons. The number of hydrogen-bond acceptors (Lipinski definition) is 7. The Bertz CT molecular complexity index is 1360. The Kier molecular flexibility index (Phi) is 15.9. The molecule has 1 unspecified atom stereocenters. The molecule has 13 heteroatoms. The molecule has 4 heterocycles. The van der Waals surface area contributed by atoms with E-state index in [2.05, 4.69) is 24.9 Å². The van der Waals surface area contributed by atoms with Crippen LogP contribution in [0.15, 0.2) is 48.8 Å². The summed E-state index contributed by atoms with van der Waals surface area (Å²) in [5.74, 6) is 0.934. The minimum absolute atomic E-state index is 0.265. The number of pyridine rings is 1. The van der Waals surface area contributed by atoms with Gasteiger partial charge in [0.1, 0.15) is 0 Å². The molecular weight excluding hydrogens is 621 g/mol. The number of halogens is 2.